The molecule has 1 atom stereocenters. The zero-order chi connectivity index (χ0) is 29.7. The zero-order valence-corrected chi connectivity index (χ0v) is 24.8. The molecule has 2 heterocycles. The van der Waals surface area contributed by atoms with Crippen LogP contribution in [0.25, 0.3) is 22.0 Å². The summed E-state index contributed by atoms with van der Waals surface area (Å²) in [5.41, 5.74) is 1.33. The SMILES string of the molecule is CC1=CC=CCC1(C)S(=O)(=O)n1ccc2c(-c3cc(S(=O)(=O)Nc4ccccc4)ccc3OCC3CC3)c[nH]c(=O)c21. The number of hydrogen-bond acceptors (Lipinski definition) is 6. The minimum Gasteiger partial charge on any atom is -0.493 e. The van der Waals surface area contributed by atoms with Crippen LogP contribution in [0.4, 0.5) is 5.69 Å². The lowest BCUT2D eigenvalue weighted by atomic mass is 9.94. The number of ether oxygens (including phenoxy) is 1. The molecule has 1 saturated carbocycles. The Labute approximate surface area is 244 Å². The van der Waals surface area contributed by atoms with E-state index in [1.807, 2.05) is 6.08 Å². The summed E-state index contributed by atoms with van der Waals surface area (Å²) in [6, 6.07) is 14.7. The van der Waals surface area contributed by atoms with Gasteiger partial charge in [0, 0.05) is 34.6 Å². The molecule has 4 aromatic rings. The van der Waals surface area contributed by atoms with Gasteiger partial charge in [0.25, 0.3) is 15.6 Å². The van der Waals surface area contributed by atoms with Crippen LogP contribution in [0.5, 0.6) is 5.75 Å². The summed E-state index contributed by atoms with van der Waals surface area (Å²) in [5.74, 6) is 0.872. The number of fused-ring (bicyclic) bond motifs is 1. The van der Waals surface area contributed by atoms with Gasteiger partial charge >= 0.3 is 0 Å². The normalized spacial score (nSPS) is 19.0. The van der Waals surface area contributed by atoms with Crippen molar-refractivity contribution in [2.24, 2.45) is 5.92 Å². The highest BCUT2D eigenvalue weighted by molar-refractivity contribution is 7.92. The molecule has 9 nitrogen and oxygen atoms in total. The number of para-hydroxylation sites is 1. The number of anilines is 1. The van der Waals surface area contributed by atoms with E-state index in [-0.39, 0.29) is 16.8 Å². The fraction of sp³-hybridized carbons (Fsp3) is 0.258. The lowest BCUT2D eigenvalue weighted by Crippen LogP contribution is -2.41. The average Bonchev–Trinajstić information content (AvgIpc) is 3.68. The van der Waals surface area contributed by atoms with E-state index in [1.54, 1.807) is 68.5 Å². The average molecular weight is 606 g/mol. The molecule has 11 heteroatoms. The summed E-state index contributed by atoms with van der Waals surface area (Å²) < 4.78 is 63.3. The molecule has 0 saturated heterocycles. The van der Waals surface area contributed by atoms with Gasteiger partial charge in [-0.15, -0.1) is 0 Å². The number of allylic oxidation sites excluding steroid dienone is 3. The highest BCUT2D eigenvalue weighted by Gasteiger charge is 2.43. The molecule has 0 aliphatic heterocycles. The third-order valence-corrected chi connectivity index (χ3v) is 11.9. The maximum absolute atomic E-state index is 14.0. The van der Waals surface area contributed by atoms with Gasteiger partial charge < -0.3 is 9.72 Å². The summed E-state index contributed by atoms with van der Waals surface area (Å²) in [5, 5.41) is 0.362. The second-order valence-electron chi connectivity index (χ2n) is 11.0. The van der Waals surface area contributed by atoms with Crippen molar-refractivity contribution in [2.45, 2.75) is 42.8 Å². The highest BCUT2D eigenvalue weighted by atomic mass is 32.2. The molecule has 0 radical (unpaired) electrons. The number of H-pyrrole nitrogens is 1. The first-order valence-corrected chi connectivity index (χ1v) is 16.6. The van der Waals surface area contributed by atoms with E-state index in [0.717, 1.165) is 16.8 Å². The van der Waals surface area contributed by atoms with Crippen molar-refractivity contribution in [1.29, 1.82) is 0 Å². The van der Waals surface area contributed by atoms with Crippen LogP contribution in [-0.2, 0) is 20.0 Å². The van der Waals surface area contributed by atoms with Crippen molar-refractivity contribution in [3.8, 4) is 16.9 Å². The van der Waals surface area contributed by atoms with Crippen LogP contribution in [0.15, 0.2) is 100 Å². The molecule has 6 rings (SSSR count). The fourth-order valence-electron chi connectivity index (χ4n) is 5.15. The van der Waals surface area contributed by atoms with E-state index in [9.17, 15) is 21.6 Å². The maximum Gasteiger partial charge on any atom is 0.273 e. The predicted molar refractivity (Wildman–Crippen MR) is 164 cm³/mol. The molecule has 2 aromatic heterocycles. The molecule has 2 aliphatic carbocycles. The Morgan fingerprint density at radius 2 is 1.81 bits per heavy atom. The van der Waals surface area contributed by atoms with Crippen LogP contribution < -0.4 is 15.0 Å². The minimum atomic E-state index is -4.06. The van der Waals surface area contributed by atoms with Gasteiger partial charge in [0.1, 0.15) is 16.0 Å². The quantitative estimate of drug-likeness (QED) is 0.262. The number of benzene rings is 2. The van der Waals surface area contributed by atoms with Crippen LogP contribution in [0.1, 0.15) is 33.1 Å². The first kappa shape index (κ1) is 28.0. The van der Waals surface area contributed by atoms with E-state index < -0.39 is 30.4 Å². The van der Waals surface area contributed by atoms with Crippen molar-refractivity contribution in [3.05, 3.63) is 101 Å². The van der Waals surface area contributed by atoms with Gasteiger partial charge in [0.05, 0.1) is 11.5 Å². The van der Waals surface area contributed by atoms with E-state index in [0.29, 0.717) is 46.0 Å². The number of hydrogen-bond donors (Lipinski definition) is 2. The summed E-state index contributed by atoms with van der Waals surface area (Å²) in [6.45, 7) is 3.89. The number of pyridine rings is 1. The molecule has 42 heavy (non-hydrogen) atoms. The number of sulfonamides is 1. The van der Waals surface area contributed by atoms with Crippen molar-refractivity contribution < 1.29 is 21.6 Å². The third-order valence-electron chi connectivity index (χ3n) is 8.11. The van der Waals surface area contributed by atoms with Gasteiger partial charge in [-0.2, -0.15) is 0 Å². The first-order valence-electron chi connectivity index (χ1n) is 13.7. The number of rotatable bonds is 9. The summed E-state index contributed by atoms with van der Waals surface area (Å²) >= 11 is 0. The monoisotopic (exact) mass is 605 g/mol. The lowest BCUT2D eigenvalue weighted by Gasteiger charge is -2.31. The maximum atomic E-state index is 14.0. The molecular formula is C31H31N3O6S2. The molecule has 0 bridgehead atoms. The van der Waals surface area contributed by atoms with Gasteiger partial charge in [-0.25, -0.2) is 20.8 Å². The van der Waals surface area contributed by atoms with Gasteiger partial charge in [-0.05, 0) is 75.4 Å². The molecule has 0 spiro atoms. The smallest absolute Gasteiger partial charge is 0.273 e. The number of nitrogens with one attached hydrogen (secondary N) is 2. The number of aromatic nitrogens is 2. The lowest BCUT2D eigenvalue weighted by molar-refractivity contribution is 0.301. The summed E-state index contributed by atoms with van der Waals surface area (Å²) in [7, 11) is -8.04. The fourth-order valence-corrected chi connectivity index (χ4v) is 8.10. The summed E-state index contributed by atoms with van der Waals surface area (Å²) in [4.78, 5) is 15.9. The zero-order valence-electron chi connectivity index (χ0n) is 23.2. The molecule has 2 aliphatic rings. The number of aromatic amines is 1. The predicted octanol–water partition coefficient (Wildman–Crippen LogP) is 5.43. The Bertz CT molecular complexity index is 2020. The molecule has 1 fully saturated rings. The van der Waals surface area contributed by atoms with Crippen molar-refractivity contribution in [3.63, 3.8) is 0 Å². The van der Waals surface area contributed by atoms with Crippen molar-refractivity contribution in [2.75, 3.05) is 11.3 Å². The van der Waals surface area contributed by atoms with Crippen molar-refractivity contribution >= 4 is 36.6 Å². The molecule has 1 unspecified atom stereocenters. The summed E-state index contributed by atoms with van der Waals surface area (Å²) in [6.07, 6.45) is 10.6. The Balaban J connectivity index is 1.50. The van der Waals surface area contributed by atoms with Crippen LogP contribution in [0.2, 0.25) is 0 Å². The van der Waals surface area contributed by atoms with Gasteiger partial charge in [-0.3, -0.25) is 9.52 Å². The van der Waals surface area contributed by atoms with Gasteiger partial charge in [0.2, 0.25) is 10.0 Å². The van der Waals surface area contributed by atoms with Crippen LogP contribution >= 0.6 is 0 Å². The standard InChI is InChI=1S/C31H31N3O6S2/c1-21-8-6-7-16-31(21,2)42(38,39)34-17-15-25-27(19-32-30(35)29(25)34)26-18-24(13-14-28(26)40-20-22-11-12-22)41(36,37)33-23-9-4-3-5-10-23/h3-10,13-15,17-19,22,33H,11-12,16,20H2,1-2H3,(H,32,35). The second-order valence-corrected chi connectivity index (χ2v) is 14.9. The van der Waals surface area contributed by atoms with Gasteiger partial charge in [0.15, 0.2) is 0 Å². The third kappa shape index (κ3) is 4.86. The topological polar surface area (TPSA) is 127 Å². The van der Waals surface area contributed by atoms with E-state index in [1.165, 1.54) is 24.5 Å². The van der Waals surface area contributed by atoms with Crippen LogP contribution in [-0.4, -0.2) is 37.1 Å². The highest BCUT2D eigenvalue weighted by Crippen LogP contribution is 2.40. The Morgan fingerprint density at radius 1 is 1.05 bits per heavy atom. The van der Waals surface area contributed by atoms with Crippen molar-refractivity contribution in [1.82, 2.24) is 8.96 Å². The molecule has 2 aromatic carbocycles. The van der Waals surface area contributed by atoms with Gasteiger partial charge in [-0.1, -0.05) is 42.0 Å². The molecule has 218 valence electrons. The van der Waals surface area contributed by atoms with E-state index in [4.69, 9.17) is 4.74 Å². The number of nitrogens with zero attached hydrogens (tertiary/aromatic N) is 1. The largest absolute Gasteiger partial charge is 0.493 e. The second kappa shape index (κ2) is 10.3. The minimum absolute atomic E-state index is 0.00575. The van der Waals surface area contributed by atoms with Crippen LogP contribution in [0.3, 0.4) is 0 Å². The molecular weight excluding hydrogens is 574 g/mol. The van der Waals surface area contributed by atoms with Crippen LogP contribution in [0, 0.1) is 5.92 Å². The van der Waals surface area contributed by atoms with E-state index >= 15 is 0 Å². The Kier molecular flexibility index (Phi) is 6.89. The van der Waals surface area contributed by atoms with E-state index in [2.05, 4.69) is 9.71 Å². The molecule has 0 amide bonds. The first-order chi connectivity index (χ1) is 20.0. The molecule has 2 N–H and O–H groups in total. The Morgan fingerprint density at radius 3 is 2.52 bits per heavy atom. The Hall–Kier alpha value is -4.09.